The van der Waals surface area contributed by atoms with E-state index in [9.17, 15) is 0 Å². The highest BCUT2D eigenvalue weighted by Gasteiger charge is 2.20. The van der Waals surface area contributed by atoms with E-state index in [4.69, 9.17) is 9.52 Å². The molecule has 0 bridgehead atoms. The number of benzene rings is 1. The molecule has 2 N–H and O–H groups in total. The van der Waals surface area contributed by atoms with Gasteiger partial charge >= 0.3 is 0 Å². The van der Waals surface area contributed by atoms with E-state index in [0.29, 0.717) is 17.8 Å². The van der Waals surface area contributed by atoms with E-state index in [0.717, 1.165) is 64.4 Å². The van der Waals surface area contributed by atoms with Crippen molar-refractivity contribution < 1.29 is 4.52 Å². The van der Waals surface area contributed by atoms with Crippen LogP contribution in [-0.2, 0) is 13.0 Å². The molecule has 28 heavy (non-hydrogen) atoms. The molecule has 1 aliphatic rings. The lowest BCUT2D eigenvalue weighted by atomic mass is 10.0. The zero-order valence-corrected chi connectivity index (χ0v) is 17.0. The summed E-state index contributed by atoms with van der Waals surface area (Å²) >= 11 is 0. The van der Waals surface area contributed by atoms with Crippen LogP contribution in [0.4, 0.5) is 0 Å². The van der Waals surface area contributed by atoms with Crippen molar-refractivity contribution in [3.8, 4) is 0 Å². The third-order valence-electron chi connectivity index (χ3n) is 4.91. The highest BCUT2D eigenvalue weighted by Crippen LogP contribution is 2.13. The van der Waals surface area contributed by atoms with E-state index < -0.39 is 0 Å². The van der Waals surface area contributed by atoms with E-state index in [1.807, 2.05) is 6.92 Å². The maximum Gasteiger partial charge on any atom is 0.226 e. The molecule has 2 heterocycles. The van der Waals surface area contributed by atoms with Crippen LogP contribution >= 0.6 is 0 Å². The van der Waals surface area contributed by atoms with Gasteiger partial charge in [-0.3, -0.25) is 9.89 Å². The van der Waals surface area contributed by atoms with Crippen LogP contribution in [0, 0.1) is 6.92 Å². The van der Waals surface area contributed by atoms with E-state index in [-0.39, 0.29) is 0 Å². The molecule has 7 heteroatoms. The van der Waals surface area contributed by atoms with Crippen molar-refractivity contribution in [3.63, 3.8) is 0 Å². The summed E-state index contributed by atoms with van der Waals surface area (Å²) in [5.41, 5.74) is 1.39. The topological polar surface area (TPSA) is 78.6 Å². The number of piperidine rings is 1. The van der Waals surface area contributed by atoms with Crippen molar-refractivity contribution in [3.05, 3.63) is 47.6 Å². The maximum absolute atomic E-state index is 5.15. The average Bonchev–Trinajstić information content (AvgIpc) is 3.13. The summed E-state index contributed by atoms with van der Waals surface area (Å²) in [6.45, 7) is 8.80. The van der Waals surface area contributed by atoms with Crippen LogP contribution in [0.3, 0.4) is 0 Å². The maximum atomic E-state index is 5.15. The fraction of sp³-hybridized carbons (Fsp3) is 0.571. The van der Waals surface area contributed by atoms with Crippen LogP contribution in [0.1, 0.15) is 43.5 Å². The van der Waals surface area contributed by atoms with Crippen molar-refractivity contribution in [1.29, 1.82) is 0 Å². The molecule has 7 nitrogen and oxygen atoms in total. The van der Waals surface area contributed by atoms with E-state index in [1.54, 1.807) is 0 Å². The summed E-state index contributed by atoms with van der Waals surface area (Å²) in [6, 6.07) is 11.2. The van der Waals surface area contributed by atoms with Gasteiger partial charge in [0.2, 0.25) is 5.89 Å². The van der Waals surface area contributed by atoms with E-state index in [2.05, 4.69) is 62.9 Å². The van der Waals surface area contributed by atoms with Crippen LogP contribution in [0.15, 0.2) is 39.8 Å². The molecule has 0 spiro atoms. The van der Waals surface area contributed by atoms with Gasteiger partial charge in [0, 0.05) is 45.2 Å². The molecule has 1 saturated heterocycles. The number of nitrogens with one attached hydrogen (secondary N) is 2. The first-order valence-electron chi connectivity index (χ1n) is 10.3. The quantitative estimate of drug-likeness (QED) is 0.414. The molecular weight excluding hydrogens is 352 g/mol. The molecule has 1 fully saturated rings. The lowest BCUT2D eigenvalue weighted by molar-refractivity contribution is 0.198. The van der Waals surface area contributed by atoms with Crippen LogP contribution < -0.4 is 10.6 Å². The average molecular weight is 385 g/mol. The third kappa shape index (κ3) is 6.64. The van der Waals surface area contributed by atoms with Gasteiger partial charge in [-0.1, -0.05) is 35.5 Å². The van der Waals surface area contributed by atoms with Gasteiger partial charge in [0.15, 0.2) is 11.8 Å². The minimum atomic E-state index is 0.475. The highest BCUT2D eigenvalue weighted by atomic mass is 16.5. The minimum Gasteiger partial charge on any atom is -0.357 e. The minimum absolute atomic E-state index is 0.475. The summed E-state index contributed by atoms with van der Waals surface area (Å²) < 4.78 is 5.15. The third-order valence-corrected chi connectivity index (χ3v) is 4.91. The van der Waals surface area contributed by atoms with E-state index in [1.165, 1.54) is 5.56 Å². The Morgan fingerprint density at radius 3 is 2.71 bits per heavy atom. The number of aromatic nitrogens is 2. The number of guanidine groups is 1. The van der Waals surface area contributed by atoms with Gasteiger partial charge in [0.05, 0.1) is 0 Å². The van der Waals surface area contributed by atoms with Crippen LogP contribution in [0.5, 0.6) is 0 Å². The number of nitrogens with zero attached hydrogens (tertiary/aromatic N) is 4. The van der Waals surface area contributed by atoms with Crippen LogP contribution in [0.2, 0.25) is 0 Å². The van der Waals surface area contributed by atoms with Gasteiger partial charge in [-0.25, -0.2) is 0 Å². The van der Waals surface area contributed by atoms with Crippen molar-refractivity contribution in [1.82, 2.24) is 25.7 Å². The summed E-state index contributed by atoms with van der Waals surface area (Å²) in [5.74, 6) is 2.29. The van der Waals surface area contributed by atoms with E-state index >= 15 is 0 Å². The summed E-state index contributed by atoms with van der Waals surface area (Å²) in [4.78, 5) is 11.5. The second kappa shape index (κ2) is 10.8. The van der Waals surface area contributed by atoms with Crippen molar-refractivity contribution >= 4 is 5.96 Å². The second-order valence-corrected chi connectivity index (χ2v) is 7.28. The lowest BCUT2D eigenvalue weighted by Gasteiger charge is -2.33. The SMILES string of the molecule is CCNC(=NCCCc1nc(C)no1)NC1CCN(Cc2ccccc2)CC1. The molecule has 1 aromatic heterocycles. The predicted octanol–water partition coefficient (Wildman–Crippen LogP) is 2.53. The van der Waals surface area contributed by atoms with Crippen molar-refractivity contribution in [2.24, 2.45) is 4.99 Å². The fourth-order valence-corrected chi connectivity index (χ4v) is 3.45. The lowest BCUT2D eigenvalue weighted by Crippen LogP contribution is -2.48. The molecule has 152 valence electrons. The van der Waals surface area contributed by atoms with Gasteiger partial charge in [0.1, 0.15) is 0 Å². The zero-order chi connectivity index (χ0) is 19.6. The Morgan fingerprint density at radius 2 is 2.04 bits per heavy atom. The normalized spacial score (nSPS) is 16.3. The molecule has 1 aromatic carbocycles. The highest BCUT2D eigenvalue weighted by molar-refractivity contribution is 5.80. The summed E-state index contributed by atoms with van der Waals surface area (Å²) in [7, 11) is 0. The number of hydrogen-bond acceptors (Lipinski definition) is 5. The zero-order valence-electron chi connectivity index (χ0n) is 17.0. The van der Waals surface area contributed by atoms with Gasteiger partial charge in [-0.15, -0.1) is 0 Å². The summed E-state index contributed by atoms with van der Waals surface area (Å²) in [6.07, 6.45) is 3.94. The Labute approximate surface area is 167 Å². The molecule has 2 aromatic rings. The predicted molar refractivity (Wildman–Crippen MR) is 111 cm³/mol. The van der Waals surface area contributed by atoms with Gasteiger partial charge in [-0.2, -0.15) is 4.98 Å². The van der Waals surface area contributed by atoms with Crippen LogP contribution in [-0.4, -0.2) is 53.2 Å². The largest absolute Gasteiger partial charge is 0.357 e. The number of aliphatic imine (C=N–C) groups is 1. The molecule has 0 amide bonds. The Balaban J connectivity index is 1.40. The Kier molecular flexibility index (Phi) is 7.84. The number of rotatable bonds is 8. The van der Waals surface area contributed by atoms with Gasteiger partial charge in [-0.05, 0) is 38.7 Å². The molecular formula is C21H32N6O. The molecule has 0 aliphatic carbocycles. The Hall–Kier alpha value is -2.41. The molecule has 0 unspecified atom stereocenters. The number of hydrogen-bond donors (Lipinski definition) is 2. The number of likely N-dealkylation sites (tertiary alicyclic amines) is 1. The van der Waals surface area contributed by atoms with Gasteiger partial charge < -0.3 is 15.2 Å². The molecule has 3 rings (SSSR count). The smallest absolute Gasteiger partial charge is 0.226 e. The van der Waals surface area contributed by atoms with Gasteiger partial charge in [0.25, 0.3) is 0 Å². The molecule has 0 radical (unpaired) electrons. The fourth-order valence-electron chi connectivity index (χ4n) is 3.45. The first kappa shape index (κ1) is 20.3. The number of aryl methyl sites for hydroxylation is 2. The molecule has 0 atom stereocenters. The van der Waals surface area contributed by atoms with Crippen LogP contribution in [0.25, 0.3) is 0 Å². The first-order chi connectivity index (χ1) is 13.7. The second-order valence-electron chi connectivity index (χ2n) is 7.28. The Bertz CT molecular complexity index is 722. The standard InChI is InChI=1S/C21H32N6O/c1-3-22-21(23-13-7-10-20-24-17(2)26-28-20)25-19-11-14-27(15-12-19)16-18-8-5-4-6-9-18/h4-6,8-9,19H,3,7,10-16H2,1-2H3,(H2,22,23,25). The summed E-state index contributed by atoms with van der Waals surface area (Å²) in [5, 5.41) is 10.8. The monoisotopic (exact) mass is 384 g/mol. The molecule has 0 saturated carbocycles. The van der Waals surface area contributed by atoms with Crippen molar-refractivity contribution in [2.75, 3.05) is 26.2 Å². The van der Waals surface area contributed by atoms with Crippen molar-refractivity contribution in [2.45, 2.75) is 52.1 Å². The molecule has 1 aliphatic heterocycles. The Morgan fingerprint density at radius 1 is 1.25 bits per heavy atom. The first-order valence-corrected chi connectivity index (χ1v) is 10.3.